The fraction of sp³-hybridized carbons (Fsp3) is 0.895. The van der Waals surface area contributed by atoms with Gasteiger partial charge in [0.25, 0.3) is 0 Å². The molecule has 2 aliphatic rings. The smallest absolute Gasteiger partial charge is 0.303 e. The number of hydrogen-bond donors (Lipinski definition) is 2. The van der Waals surface area contributed by atoms with E-state index in [-0.39, 0.29) is 36.5 Å². The molecule has 6 nitrogen and oxygen atoms in total. The Morgan fingerprint density at radius 3 is 2.36 bits per heavy atom. The van der Waals surface area contributed by atoms with Crippen LogP contribution in [0.4, 0.5) is 0 Å². The first-order valence-corrected chi connectivity index (χ1v) is 9.63. The molecule has 144 valence electrons. The fourth-order valence-corrected chi connectivity index (χ4v) is 4.42. The zero-order chi connectivity index (χ0) is 18.2. The number of amides is 1. The van der Waals surface area contributed by atoms with Gasteiger partial charge in [0.1, 0.15) is 0 Å². The van der Waals surface area contributed by atoms with E-state index in [2.05, 4.69) is 5.32 Å². The Labute approximate surface area is 150 Å². The summed E-state index contributed by atoms with van der Waals surface area (Å²) in [6.07, 6.45) is 8.75. The number of methoxy groups -OCH3 is 2. The zero-order valence-corrected chi connectivity index (χ0v) is 15.5. The van der Waals surface area contributed by atoms with E-state index in [9.17, 15) is 9.59 Å². The van der Waals surface area contributed by atoms with Crippen LogP contribution in [0.15, 0.2) is 0 Å². The molecule has 0 aromatic heterocycles. The van der Waals surface area contributed by atoms with Gasteiger partial charge in [-0.3, -0.25) is 9.59 Å². The first-order chi connectivity index (χ1) is 12.0. The molecule has 0 bridgehead atoms. The molecule has 0 heterocycles. The van der Waals surface area contributed by atoms with Crippen LogP contribution in [-0.4, -0.2) is 49.5 Å². The molecule has 3 unspecified atom stereocenters. The van der Waals surface area contributed by atoms with E-state index in [4.69, 9.17) is 14.6 Å². The molecule has 0 aromatic carbocycles. The number of carboxylic acid groups (broad SMARTS) is 1. The van der Waals surface area contributed by atoms with Gasteiger partial charge in [-0.15, -0.1) is 0 Å². The average Bonchev–Trinajstić information content (AvgIpc) is 2.62. The van der Waals surface area contributed by atoms with Crippen LogP contribution in [0.3, 0.4) is 0 Å². The topological polar surface area (TPSA) is 84.9 Å². The lowest BCUT2D eigenvalue weighted by molar-refractivity contribution is -0.141. The fourth-order valence-electron chi connectivity index (χ4n) is 4.42. The molecular weight excluding hydrogens is 322 g/mol. The van der Waals surface area contributed by atoms with E-state index in [1.54, 1.807) is 14.2 Å². The zero-order valence-electron chi connectivity index (χ0n) is 15.5. The van der Waals surface area contributed by atoms with Crippen LogP contribution in [0.25, 0.3) is 0 Å². The standard InChI is InChI=1S/C19H33NO5/c1-24-16-7-4-6-15(18(16)25-2)19(23)20-14-11-9-13(10-12-14)5-3-8-17(21)22/h13-16,18H,3-12H2,1-2H3,(H,20,23)(H,21,22). The van der Waals surface area contributed by atoms with Crippen LogP contribution in [0.5, 0.6) is 0 Å². The lowest BCUT2D eigenvalue weighted by Crippen LogP contribution is -2.50. The van der Waals surface area contributed by atoms with Gasteiger partial charge in [-0.2, -0.15) is 0 Å². The number of carbonyl (C=O) groups is 2. The van der Waals surface area contributed by atoms with Gasteiger partial charge in [-0.25, -0.2) is 0 Å². The van der Waals surface area contributed by atoms with Crippen LogP contribution in [0, 0.1) is 11.8 Å². The maximum absolute atomic E-state index is 12.7. The summed E-state index contributed by atoms with van der Waals surface area (Å²) in [5.74, 6) is -0.137. The van der Waals surface area contributed by atoms with E-state index in [1.807, 2.05) is 0 Å². The summed E-state index contributed by atoms with van der Waals surface area (Å²) >= 11 is 0. The molecule has 0 spiro atoms. The Kier molecular flexibility index (Phi) is 8.16. The Balaban J connectivity index is 1.75. The van der Waals surface area contributed by atoms with Gasteiger partial charge in [-0.05, 0) is 63.7 Å². The van der Waals surface area contributed by atoms with Gasteiger partial charge in [0.2, 0.25) is 5.91 Å². The van der Waals surface area contributed by atoms with Crippen molar-refractivity contribution >= 4 is 11.9 Å². The Morgan fingerprint density at radius 2 is 1.76 bits per heavy atom. The van der Waals surface area contributed by atoms with E-state index in [1.165, 1.54) is 0 Å². The highest BCUT2D eigenvalue weighted by molar-refractivity contribution is 5.79. The van der Waals surface area contributed by atoms with Gasteiger partial charge in [0.05, 0.1) is 18.1 Å². The van der Waals surface area contributed by atoms with Crippen molar-refractivity contribution in [2.45, 2.75) is 82.5 Å². The minimum absolute atomic E-state index is 0.000489. The summed E-state index contributed by atoms with van der Waals surface area (Å²) in [4.78, 5) is 23.3. The van der Waals surface area contributed by atoms with E-state index in [0.717, 1.165) is 57.8 Å². The third-order valence-corrected chi connectivity index (χ3v) is 5.87. The van der Waals surface area contributed by atoms with Gasteiger partial charge in [0.15, 0.2) is 0 Å². The molecule has 2 N–H and O–H groups in total. The van der Waals surface area contributed by atoms with Gasteiger partial charge >= 0.3 is 5.97 Å². The predicted molar refractivity (Wildman–Crippen MR) is 94.3 cm³/mol. The second kappa shape index (κ2) is 10.1. The molecule has 6 heteroatoms. The van der Waals surface area contributed by atoms with Crippen molar-refractivity contribution in [3.8, 4) is 0 Å². The normalized spacial score (nSPS) is 33.0. The van der Waals surface area contributed by atoms with Crippen molar-refractivity contribution in [2.75, 3.05) is 14.2 Å². The molecule has 0 aliphatic heterocycles. The molecule has 25 heavy (non-hydrogen) atoms. The summed E-state index contributed by atoms with van der Waals surface area (Å²) in [6.45, 7) is 0. The molecule has 0 radical (unpaired) electrons. The Hall–Kier alpha value is -1.14. The summed E-state index contributed by atoms with van der Waals surface area (Å²) in [6, 6.07) is 0.239. The Morgan fingerprint density at radius 1 is 1.04 bits per heavy atom. The van der Waals surface area contributed by atoms with Crippen molar-refractivity contribution in [1.29, 1.82) is 0 Å². The molecule has 0 aromatic rings. The van der Waals surface area contributed by atoms with Crippen LogP contribution in [0.2, 0.25) is 0 Å². The third-order valence-electron chi connectivity index (χ3n) is 5.87. The molecule has 2 saturated carbocycles. The predicted octanol–water partition coefficient (Wildman–Crippen LogP) is 2.75. The summed E-state index contributed by atoms with van der Waals surface area (Å²) in [5, 5.41) is 11.9. The minimum Gasteiger partial charge on any atom is -0.481 e. The quantitative estimate of drug-likeness (QED) is 0.699. The lowest BCUT2D eigenvalue weighted by Gasteiger charge is -2.37. The highest BCUT2D eigenvalue weighted by Gasteiger charge is 2.38. The molecular formula is C19H33NO5. The number of carbonyl (C=O) groups excluding carboxylic acids is 1. The summed E-state index contributed by atoms with van der Waals surface area (Å²) in [7, 11) is 3.34. The number of aliphatic carboxylic acids is 1. The molecule has 2 rings (SSSR count). The maximum atomic E-state index is 12.7. The van der Waals surface area contributed by atoms with Crippen LogP contribution in [0.1, 0.15) is 64.2 Å². The highest BCUT2D eigenvalue weighted by atomic mass is 16.5. The highest BCUT2D eigenvalue weighted by Crippen LogP contribution is 2.31. The monoisotopic (exact) mass is 355 g/mol. The first-order valence-electron chi connectivity index (χ1n) is 9.63. The second-order valence-electron chi connectivity index (χ2n) is 7.52. The second-order valence-corrected chi connectivity index (χ2v) is 7.52. The third kappa shape index (κ3) is 5.96. The number of ether oxygens (including phenoxy) is 2. The molecule has 3 atom stereocenters. The maximum Gasteiger partial charge on any atom is 0.303 e. The van der Waals surface area contributed by atoms with E-state index >= 15 is 0 Å². The lowest BCUT2D eigenvalue weighted by atomic mass is 9.81. The van der Waals surface area contributed by atoms with Crippen LogP contribution in [-0.2, 0) is 19.1 Å². The summed E-state index contributed by atoms with van der Waals surface area (Å²) < 4.78 is 11.1. The number of rotatable bonds is 8. The van der Waals surface area contributed by atoms with E-state index in [0.29, 0.717) is 5.92 Å². The molecule has 0 saturated heterocycles. The first kappa shape index (κ1) is 20.2. The number of nitrogens with one attached hydrogen (secondary N) is 1. The minimum atomic E-state index is -0.713. The van der Waals surface area contributed by atoms with Crippen LogP contribution >= 0.6 is 0 Å². The van der Waals surface area contributed by atoms with Gasteiger partial charge in [0, 0.05) is 26.7 Å². The molecule has 2 aliphatic carbocycles. The molecule has 2 fully saturated rings. The number of hydrogen-bond acceptors (Lipinski definition) is 4. The van der Waals surface area contributed by atoms with Gasteiger partial charge in [-0.1, -0.05) is 0 Å². The number of carboxylic acids is 1. The van der Waals surface area contributed by atoms with Crippen molar-refractivity contribution in [1.82, 2.24) is 5.32 Å². The SMILES string of the molecule is COC1CCCC(C(=O)NC2CCC(CCCC(=O)O)CC2)C1OC. The average molecular weight is 355 g/mol. The van der Waals surface area contributed by atoms with Crippen LogP contribution < -0.4 is 5.32 Å². The van der Waals surface area contributed by atoms with Crippen molar-refractivity contribution in [3.05, 3.63) is 0 Å². The molecule has 1 amide bonds. The van der Waals surface area contributed by atoms with Crippen molar-refractivity contribution in [2.24, 2.45) is 11.8 Å². The largest absolute Gasteiger partial charge is 0.481 e. The van der Waals surface area contributed by atoms with E-state index < -0.39 is 5.97 Å². The Bertz CT molecular complexity index is 434. The summed E-state index contributed by atoms with van der Waals surface area (Å²) in [5.41, 5.74) is 0. The van der Waals surface area contributed by atoms with Crippen molar-refractivity contribution in [3.63, 3.8) is 0 Å². The van der Waals surface area contributed by atoms with Gasteiger partial charge < -0.3 is 19.9 Å². The van der Waals surface area contributed by atoms with Crippen molar-refractivity contribution < 1.29 is 24.2 Å².